The normalized spacial score (nSPS) is 17.9. The fraction of sp³-hybridized carbons (Fsp3) is 0.211. The van der Waals surface area contributed by atoms with E-state index in [0.29, 0.717) is 17.6 Å². The van der Waals surface area contributed by atoms with Crippen molar-refractivity contribution in [3.05, 3.63) is 75.8 Å². The summed E-state index contributed by atoms with van der Waals surface area (Å²) in [6.07, 6.45) is 3.85. The molecule has 122 valence electrons. The summed E-state index contributed by atoms with van der Waals surface area (Å²) in [5.74, 6) is 0.571. The number of benzene rings is 1. The molecule has 0 saturated carbocycles. The Morgan fingerprint density at radius 3 is 2.71 bits per heavy atom. The van der Waals surface area contributed by atoms with E-state index >= 15 is 0 Å². The number of hydrogen-bond acceptors (Lipinski definition) is 5. The molecule has 0 N–H and O–H groups in total. The molecule has 0 radical (unpaired) electrons. The lowest BCUT2D eigenvalue weighted by atomic mass is 9.97. The number of nitrogens with zero attached hydrogens (tertiary/aromatic N) is 1. The number of aromatic nitrogens is 1. The van der Waals surface area contributed by atoms with Crippen LogP contribution in [0.5, 0.6) is 0 Å². The lowest BCUT2D eigenvalue weighted by Crippen LogP contribution is -2.20. The zero-order valence-electron chi connectivity index (χ0n) is 13.3. The number of pyridine rings is 1. The average Bonchev–Trinajstić information content (AvgIpc) is 2.63. The summed E-state index contributed by atoms with van der Waals surface area (Å²) in [4.78, 5) is 29.7. The molecule has 2 aromatic rings. The van der Waals surface area contributed by atoms with Gasteiger partial charge in [0.15, 0.2) is 11.6 Å². The second-order valence-corrected chi connectivity index (χ2v) is 8.06. The zero-order valence-corrected chi connectivity index (χ0v) is 14.9. The van der Waals surface area contributed by atoms with Gasteiger partial charge in [-0.1, -0.05) is 43.3 Å². The predicted molar refractivity (Wildman–Crippen MR) is 100 cm³/mol. The van der Waals surface area contributed by atoms with Crippen LogP contribution >= 0.6 is 23.5 Å². The smallest absolute Gasteiger partial charge is 0.198 e. The van der Waals surface area contributed by atoms with Gasteiger partial charge in [-0.05, 0) is 17.4 Å². The van der Waals surface area contributed by atoms with E-state index in [-0.39, 0.29) is 16.8 Å². The van der Waals surface area contributed by atoms with Crippen LogP contribution in [0.3, 0.4) is 0 Å². The number of Topliss-reactive ketones (excluding diaryl/α,β-unsaturated/α-hetero) is 2. The van der Waals surface area contributed by atoms with Crippen LogP contribution in [0.2, 0.25) is 0 Å². The van der Waals surface area contributed by atoms with Crippen molar-refractivity contribution in [1.29, 1.82) is 0 Å². The van der Waals surface area contributed by atoms with Crippen LogP contribution in [-0.2, 0) is 4.79 Å². The van der Waals surface area contributed by atoms with E-state index in [9.17, 15) is 9.59 Å². The molecule has 0 spiro atoms. The van der Waals surface area contributed by atoms with Crippen LogP contribution in [-0.4, -0.2) is 22.3 Å². The molecule has 0 bridgehead atoms. The summed E-state index contributed by atoms with van der Waals surface area (Å²) in [6.45, 7) is 2.03. The molecule has 1 aromatic carbocycles. The van der Waals surface area contributed by atoms with Gasteiger partial charge in [0.1, 0.15) is 0 Å². The van der Waals surface area contributed by atoms with Crippen molar-refractivity contribution in [3.63, 3.8) is 0 Å². The van der Waals surface area contributed by atoms with Crippen molar-refractivity contribution in [2.75, 3.05) is 5.75 Å². The van der Waals surface area contributed by atoms with E-state index in [2.05, 4.69) is 4.98 Å². The Bertz CT molecular complexity index is 772. The minimum atomic E-state index is -0.173. The largest absolute Gasteiger partial charge is 0.294 e. The van der Waals surface area contributed by atoms with E-state index in [1.165, 1.54) is 0 Å². The molecule has 0 fully saturated rings. The average molecular weight is 355 g/mol. The van der Waals surface area contributed by atoms with Gasteiger partial charge >= 0.3 is 0 Å². The molecular weight excluding hydrogens is 338 g/mol. The van der Waals surface area contributed by atoms with Crippen molar-refractivity contribution in [3.8, 4) is 0 Å². The SMILES string of the molecule is CCSC1=C(C(=O)c2ccccc2)C(=O)C[C@H](c2cccnc2)S1. The third-order valence-corrected chi connectivity index (χ3v) is 6.24. The molecule has 0 amide bonds. The third-order valence-electron chi connectivity index (χ3n) is 3.70. The van der Waals surface area contributed by atoms with Gasteiger partial charge in [0.2, 0.25) is 0 Å². The maximum absolute atomic E-state index is 12.8. The molecule has 2 heterocycles. The van der Waals surface area contributed by atoms with Gasteiger partial charge in [-0.25, -0.2) is 0 Å². The molecule has 0 saturated heterocycles. The fourth-order valence-corrected chi connectivity index (χ4v) is 5.24. The monoisotopic (exact) mass is 355 g/mol. The first-order valence-electron chi connectivity index (χ1n) is 7.77. The summed E-state index contributed by atoms with van der Waals surface area (Å²) >= 11 is 3.17. The van der Waals surface area contributed by atoms with Crippen LogP contribution < -0.4 is 0 Å². The van der Waals surface area contributed by atoms with Crippen molar-refractivity contribution < 1.29 is 9.59 Å². The van der Waals surface area contributed by atoms with Gasteiger partial charge < -0.3 is 0 Å². The Hall–Kier alpha value is -1.85. The lowest BCUT2D eigenvalue weighted by Gasteiger charge is -2.25. The van der Waals surface area contributed by atoms with Gasteiger partial charge in [-0.3, -0.25) is 14.6 Å². The Morgan fingerprint density at radius 2 is 2.04 bits per heavy atom. The van der Waals surface area contributed by atoms with Gasteiger partial charge in [-0.2, -0.15) is 0 Å². The zero-order chi connectivity index (χ0) is 16.9. The molecule has 1 aliphatic heterocycles. The Labute approximate surface area is 150 Å². The van der Waals surface area contributed by atoms with Crippen LogP contribution in [0, 0.1) is 0 Å². The maximum atomic E-state index is 12.8. The van der Waals surface area contributed by atoms with Gasteiger partial charge in [0.05, 0.1) is 9.81 Å². The topological polar surface area (TPSA) is 47.0 Å². The van der Waals surface area contributed by atoms with E-state index in [1.54, 1.807) is 48.1 Å². The number of ketones is 2. The molecule has 1 aromatic heterocycles. The molecule has 5 heteroatoms. The van der Waals surface area contributed by atoms with Crippen molar-refractivity contribution in [1.82, 2.24) is 4.98 Å². The first-order chi connectivity index (χ1) is 11.7. The predicted octanol–water partition coefficient (Wildman–Crippen LogP) is 4.68. The van der Waals surface area contributed by atoms with Crippen molar-refractivity contribution in [2.24, 2.45) is 0 Å². The fourth-order valence-electron chi connectivity index (χ4n) is 2.56. The highest BCUT2D eigenvalue weighted by atomic mass is 32.2. The lowest BCUT2D eigenvalue weighted by molar-refractivity contribution is -0.115. The van der Waals surface area contributed by atoms with Gasteiger partial charge in [0, 0.05) is 29.6 Å². The highest BCUT2D eigenvalue weighted by Gasteiger charge is 2.33. The van der Waals surface area contributed by atoms with E-state index in [1.807, 2.05) is 37.3 Å². The summed E-state index contributed by atoms with van der Waals surface area (Å²) in [6, 6.07) is 12.9. The van der Waals surface area contributed by atoms with Crippen molar-refractivity contribution >= 4 is 35.1 Å². The molecule has 3 rings (SSSR count). The molecule has 0 unspecified atom stereocenters. The number of rotatable bonds is 5. The highest BCUT2D eigenvalue weighted by Crippen LogP contribution is 2.48. The summed E-state index contributed by atoms with van der Waals surface area (Å²) < 4.78 is 0.830. The van der Waals surface area contributed by atoms with Gasteiger partial charge in [-0.15, -0.1) is 23.5 Å². The van der Waals surface area contributed by atoms with Crippen LogP contribution in [0.15, 0.2) is 64.7 Å². The van der Waals surface area contributed by atoms with Crippen LogP contribution in [0.25, 0.3) is 0 Å². The molecule has 3 nitrogen and oxygen atoms in total. The minimum absolute atomic E-state index is 0.0209. The summed E-state index contributed by atoms with van der Waals surface area (Å²) in [7, 11) is 0. The second-order valence-electron chi connectivity index (χ2n) is 5.31. The standard InChI is InChI=1S/C19H17NO2S2/c1-2-23-19-17(18(22)13-7-4-3-5-8-13)15(21)11-16(24-19)14-9-6-10-20-12-14/h3-10,12,16H,2,11H2,1H3/t16-/m1/s1. The van der Waals surface area contributed by atoms with Crippen molar-refractivity contribution in [2.45, 2.75) is 18.6 Å². The summed E-state index contributed by atoms with van der Waals surface area (Å²) in [5, 5.41) is 0.0209. The number of hydrogen-bond donors (Lipinski definition) is 0. The third kappa shape index (κ3) is 3.62. The first-order valence-corrected chi connectivity index (χ1v) is 9.63. The highest BCUT2D eigenvalue weighted by molar-refractivity contribution is 8.22. The molecule has 24 heavy (non-hydrogen) atoms. The quantitative estimate of drug-likeness (QED) is 0.576. The van der Waals surface area contributed by atoms with Crippen LogP contribution in [0.1, 0.15) is 34.5 Å². The number of allylic oxidation sites excluding steroid dienone is 1. The summed E-state index contributed by atoms with van der Waals surface area (Å²) in [5.41, 5.74) is 1.94. The number of thioether (sulfide) groups is 2. The second kappa shape index (κ2) is 7.81. The minimum Gasteiger partial charge on any atom is -0.294 e. The molecule has 1 aliphatic rings. The number of carbonyl (C=O) groups excluding carboxylic acids is 2. The van der Waals surface area contributed by atoms with E-state index < -0.39 is 0 Å². The molecular formula is C19H17NO2S2. The maximum Gasteiger partial charge on any atom is 0.198 e. The Morgan fingerprint density at radius 1 is 1.25 bits per heavy atom. The first kappa shape index (κ1) is 17.0. The van der Waals surface area contributed by atoms with Crippen LogP contribution in [0.4, 0.5) is 0 Å². The Balaban J connectivity index is 1.96. The van der Waals surface area contributed by atoms with Gasteiger partial charge in [0.25, 0.3) is 0 Å². The number of carbonyl (C=O) groups is 2. The molecule has 1 atom stereocenters. The Kier molecular flexibility index (Phi) is 5.53. The molecule has 0 aliphatic carbocycles. The van der Waals surface area contributed by atoms with E-state index in [4.69, 9.17) is 0 Å². The van der Waals surface area contributed by atoms with E-state index in [0.717, 1.165) is 15.6 Å².